The zero-order valence-electron chi connectivity index (χ0n) is 21.7. The molecule has 1 aliphatic heterocycles. The molecule has 8 nitrogen and oxygen atoms in total. The molecule has 2 heterocycles. The highest BCUT2D eigenvalue weighted by Crippen LogP contribution is 2.32. The van der Waals surface area contributed by atoms with E-state index >= 15 is 0 Å². The van der Waals surface area contributed by atoms with Crippen LogP contribution in [0.15, 0.2) is 77.7 Å². The maximum Gasteiger partial charge on any atom is 0.253 e. The van der Waals surface area contributed by atoms with Crippen LogP contribution in [0, 0.1) is 6.92 Å². The molecule has 0 atom stereocenters. The lowest BCUT2D eigenvalue weighted by atomic mass is 10.0. The first kappa shape index (κ1) is 26.1. The third-order valence-corrected chi connectivity index (χ3v) is 8.20. The molecule has 0 radical (unpaired) electrons. The van der Waals surface area contributed by atoms with Crippen molar-refractivity contribution in [2.75, 3.05) is 46.3 Å². The summed E-state index contributed by atoms with van der Waals surface area (Å²) in [5, 5.41) is 10.6. The van der Waals surface area contributed by atoms with Gasteiger partial charge in [0.25, 0.3) is 5.91 Å². The van der Waals surface area contributed by atoms with Crippen molar-refractivity contribution in [2.24, 2.45) is 5.14 Å². The standard InChI is InChI=1S/C29H33N5O3S/c1-21-27(29(35)31-13-14-33-17-15-32(2)16-18-33)20-28(24-8-7-22-5-3-4-6-23(22)19-24)34(21)25-9-11-26(12-10-25)38(30,36)37/h3-12,19-20H,13-18H2,1-2H3,(H,31,35)(H2,30,36,37). The van der Waals surface area contributed by atoms with Crippen molar-refractivity contribution >= 4 is 26.7 Å². The number of carbonyl (C=O) groups is 1. The van der Waals surface area contributed by atoms with Crippen LogP contribution in [-0.2, 0) is 10.0 Å². The first-order chi connectivity index (χ1) is 18.2. The third-order valence-electron chi connectivity index (χ3n) is 7.27. The lowest BCUT2D eigenvalue weighted by Crippen LogP contribution is -2.46. The largest absolute Gasteiger partial charge is 0.351 e. The smallest absolute Gasteiger partial charge is 0.253 e. The Morgan fingerprint density at radius 3 is 2.29 bits per heavy atom. The molecule has 1 fully saturated rings. The molecule has 198 valence electrons. The molecule has 0 bridgehead atoms. The molecule has 1 aliphatic rings. The number of amides is 1. The normalized spacial score (nSPS) is 15.1. The number of sulfonamides is 1. The lowest BCUT2D eigenvalue weighted by Gasteiger charge is -2.32. The molecule has 0 saturated carbocycles. The van der Waals surface area contributed by atoms with Crippen molar-refractivity contribution in [2.45, 2.75) is 11.8 Å². The van der Waals surface area contributed by atoms with Gasteiger partial charge in [0.1, 0.15) is 0 Å². The van der Waals surface area contributed by atoms with E-state index in [1.165, 1.54) is 12.1 Å². The molecule has 1 amide bonds. The van der Waals surface area contributed by atoms with E-state index in [2.05, 4.69) is 46.4 Å². The van der Waals surface area contributed by atoms with Crippen molar-refractivity contribution < 1.29 is 13.2 Å². The summed E-state index contributed by atoms with van der Waals surface area (Å²) in [6.45, 7) is 7.37. The maximum atomic E-state index is 13.3. The van der Waals surface area contributed by atoms with Gasteiger partial charge in [0.05, 0.1) is 16.2 Å². The average Bonchev–Trinajstić information content (AvgIpc) is 3.26. The Morgan fingerprint density at radius 1 is 0.921 bits per heavy atom. The van der Waals surface area contributed by atoms with Gasteiger partial charge in [0, 0.05) is 50.6 Å². The van der Waals surface area contributed by atoms with Crippen LogP contribution in [0.4, 0.5) is 0 Å². The van der Waals surface area contributed by atoms with E-state index < -0.39 is 10.0 Å². The van der Waals surface area contributed by atoms with Gasteiger partial charge < -0.3 is 14.8 Å². The molecule has 9 heteroatoms. The number of aromatic nitrogens is 1. The van der Waals surface area contributed by atoms with Crippen LogP contribution in [0.2, 0.25) is 0 Å². The number of fused-ring (bicyclic) bond motifs is 1. The van der Waals surface area contributed by atoms with Gasteiger partial charge in [-0.1, -0.05) is 36.4 Å². The Labute approximate surface area is 223 Å². The minimum atomic E-state index is -3.81. The number of primary sulfonamides is 1. The van der Waals surface area contributed by atoms with Crippen molar-refractivity contribution in [1.82, 2.24) is 19.7 Å². The quantitative estimate of drug-likeness (QED) is 0.381. The van der Waals surface area contributed by atoms with Gasteiger partial charge in [-0.05, 0) is 66.7 Å². The van der Waals surface area contributed by atoms with E-state index in [4.69, 9.17) is 5.14 Å². The van der Waals surface area contributed by atoms with E-state index in [9.17, 15) is 13.2 Å². The highest BCUT2D eigenvalue weighted by molar-refractivity contribution is 7.89. The zero-order valence-corrected chi connectivity index (χ0v) is 22.5. The van der Waals surface area contributed by atoms with Gasteiger partial charge in [-0.3, -0.25) is 9.69 Å². The first-order valence-electron chi connectivity index (χ1n) is 12.7. The average molecular weight is 532 g/mol. The number of nitrogens with one attached hydrogen (secondary N) is 1. The van der Waals surface area contributed by atoms with Crippen LogP contribution in [0.3, 0.4) is 0 Å². The van der Waals surface area contributed by atoms with Crippen LogP contribution in [0.1, 0.15) is 16.1 Å². The fourth-order valence-electron chi connectivity index (χ4n) is 5.01. The zero-order chi connectivity index (χ0) is 26.9. The predicted octanol–water partition coefficient (Wildman–Crippen LogP) is 3.23. The Hall–Kier alpha value is -3.50. The van der Waals surface area contributed by atoms with E-state index in [0.29, 0.717) is 12.1 Å². The molecule has 0 unspecified atom stereocenters. The molecule has 0 spiro atoms. The van der Waals surface area contributed by atoms with E-state index in [-0.39, 0.29) is 10.8 Å². The monoisotopic (exact) mass is 531 g/mol. The summed E-state index contributed by atoms with van der Waals surface area (Å²) >= 11 is 0. The van der Waals surface area contributed by atoms with Gasteiger partial charge in [-0.2, -0.15) is 0 Å². The maximum absolute atomic E-state index is 13.3. The Bertz CT molecular complexity index is 1570. The van der Waals surface area contributed by atoms with E-state index in [1.54, 1.807) is 12.1 Å². The van der Waals surface area contributed by atoms with Gasteiger partial charge in [-0.15, -0.1) is 0 Å². The second-order valence-electron chi connectivity index (χ2n) is 9.87. The molecule has 1 aromatic heterocycles. The second-order valence-corrected chi connectivity index (χ2v) is 11.4. The molecular weight excluding hydrogens is 498 g/mol. The molecule has 38 heavy (non-hydrogen) atoms. The van der Waals surface area contributed by atoms with Crippen LogP contribution < -0.4 is 10.5 Å². The van der Waals surface area contributed by atoms with Crippen LogP contribution in [-0.4, -0.2) is 75.0 Å². The molecule has 1 saturated heterocycles. The minimum Gasteiger partial charge on any atom is -0.351 e. The summed E-state index contributed by atoms with van der Waals surface area (Å²) in [6.07, 6.45) is 0. The highest BCUT2D eigenvalue weighted by Gasteiger charge is 2.21. The molecule has 3 N–H and O–H groups in total. The fourth-order valence-corrected chi connectivity index (χ4v) is 5.53. The van der Waals surface area contributed by atoms with Crippen LogP contribution in [0.25, 0.3) is 27.7 Å². The Morgan fingerprint density at radius 2 is 1.61 bits per heavy atom. The lowest BCUT2D eigenvalue weighted by molar-refractivity contribution is 0.0940. The minimum absolute atomic E-state index is 0.0418. The SMILES string of the molecule is Cc1c(C(=O)NCCN2CCN(C)CC2)cc(-c2ccc3ccccc3c2)n1-c1ccc(S(N)(=O)=O)cc1. The number of benzene rings is 3. The summed E-state index contributed by atoms with van der Waals surface area (Å²) in [7, 11) is -1.68. The number of rotatable bonds is 7. The number of nitrogens with two attached hydrogens (primary N) is 1. The van der Waals surface area contributed by atoms with Gasteiger partial charge >= 0.3 is 0 Å². The number of hydrogen-bond acceptors (Lipinski definition) is 5. The van der Waals surface area contributed by atoms with Crippen LogP contribution >= 0.6 is 0 Å². The van der Waals surface area contributed by atoms with Crippen molar-refractivity contribution in [1.29, 1.82) is 0 Å². The number of nitrogens with zero attached hydrogens (tertiary/aromatic N) is 3. The fraction of sp³-hybridized carbons (Fsp3) is 0.276. The number of hydrogen-bond donors (Lipinski definition) is 2. The Kier molecular flexibility index (Phi) is 7.36. The molecular formula is C29H33N5O3S. The summed E-state index contributed by atoms with van der Waals surface area (Å²) < 4.78 is 25.6. The van der Waals surface area contributed by atoms with Gasteiger partial charge in [0.15, 0.2) is 0 Å². The summed E-state index contributed by atoms with van der Waals surface area (Å²) in [5.41, 5.74) is 3.91. The van der Waals surface area contributed by atoms with Crippen molar-refractivity contribution in [3.63, 3.8) is 0 Å². The summed E-state index contributed by atoms with van der Waals surface area (Å²) in [5.74, 6) is -0.126. The van der Waals surface area contributed by atoms with Crippen molar-refractivity contribution in [3.05, 3.63) is 84.1 Å². The predicted molar refractivity (Wildman–Crippen MR) is 151 cm³/mol. The number of piperazine rings is 1. The number of carbonyl (C=O) groups excluding carboxylic acids is 1. The summed E-state index contributed by atoms with van der Waals surface area (Å²) in [6, 6.07) is 22.7. The highest BCUT2D eigenvalue weighted by atomic mass is 32.2. The third kappa shape index (κ3) is 5.51. The first-order valence-corrected chi connectivity index (χ1v) is 14.3. The van der Waals surface area contributed by atoms with Crippen molar-refractivity contribution in [3.8, 4) is 16.9 Å². The Balaban J connectivity index is 1.48. The topological polar surface area (TPSA) is 101 Å². The molecule has 4 aromatic rings. The summed E-state index contributed by atoms with van der Waals surface area (Å²) in [4.78, 5) is 18.1. The van der Waals surface area contributed by atoms with Crippen LogP contribution in [0.5, 0.6) is 0 Å². The molecule has 3 aromatic carbocycles. The van der Waals surface area contributed by atoms with E-state index in [0.717, 1.165) is 66.1 Å². The molecule has 0 aliphatic carbocycles. The van der Waals surface area contributed by atoms with Gasteiger partial charge in [0.2, 0.25) is 10.0 Å². The molecule has 5 rings (SSSR count). The second kappa shape index (κ2) is 10.7. The number of likely N-dealkylation sites (N-methyl/N-ethyl adjacent to an activating group) is 1. The van der Waals surface area contributed by atoms with Gasteiger partial charge in [-0.25, -0.2) is 13.6 Å². The van der Waals surface area contributed by atoms with E-state index in [1.807, 2.05) is 35.8 Å².